The van der Waals surface area contributed by atoms with Crippen LogP contribution in [0.5, 0.6) is 0 Å². The molecule has 1 N–H and O–H groups in total. The Morgan fingerprint density at radius 1 is 0.723 bits per heavy atom. The van der Waals surface area contributed by atoms with E-state index in [4.69, 9.17) is 13.6 Å². The molecule has 1 aliphatic rings. The Bertz CT molecular complexity index is 1940. The van der Waals surface area contributed by atoms with Crippen LogP contribution in [-0.4, -0.2) is 86.7 Å². The summed E-state index contributed by atoms with van der Waals surface area (Å²) < 4.78 is 204. The number of aryl methyl sites for hydroxylation is 1. The van der Waals surface area contributed by atoms with Crippen LogP contribution in [0.25, 0.3) is 0 Å². The van der Waals surface area contributed by atoms with Crippen LogP contribution in [0.3, 0.4) is 0 Å². The first-order chi connectivity index (χ1) is 29.4. The fourth-order valence-electron chi connectivity index (χ4n) is 9.57. The standard InChI is InChI=1S/C42H60F13N3O5Si2/c1-23(2)64(24(3)4,25(5)6)61-22-32-31(63-65(26(7)8,27(9)10)28(11)12)20-33(62-32)58-21-30(34(57-36(58)60)56-35(59)29-16-14-13-15-17-29)18-19-37(43,44)38(45,46)39(47,48)40(49,50)41(51,52)42(53,54)55/h13-17,21,23-28,31-33H,18-20,22H2,1-12H3,(H,56,57,59,60)/t31-,32+,33+/m0/s1. The van der Waals surface area contributed by atoms with Crippen molar-refractivity contribution in [3.05, 3.63) is 58.1 Å². The van der Waals surface area contributed by atoms with Gasteiger partial charge < -0.3 is 18.9 Å². The average Bonchev–Trinajstić information content (AvgIpc) is 3.57. The van der Waals surface area contributed by atoms with Crippen molar-refractivity contribution in [2.75, 3.05) is 11.9 Å². The lowest BCUT2D eigenvalue weighted by Crippen LogP contribution is -2.70. The van der Waals surface area contributed by atoms with Crippen molar-refractivity contribution in [3.63, 3.8) is 0 Å². The smallest absolute Gasteiger partial charge is 0.413 e. The predicted molar refractivity (Wildman–Crippen MR) is 223 cm³/mol. The summed E-state index contributed by atoms with van der Waals surface area (Å²) >= 11 is 0. The quantitative estimate of drug-likeness (QED) is 0.0990. The minimum absolute atomic E-state index is 0.0194. The molecule has 0 unspecified atom stereocenters. The van der Waals surface area contributed by atoms with E-state index in [0.717, 1.165) is 10.8 Å². The van der Waals surface area contributed by atoms with E-state index in [0.29, 0.717) is 0 Å². The molecule has 3 atom stereocenters. The molecule has 0 saturated carbocycles. The zero-order valence-electron chi connectivity index (χ0n) is 38.3. The number of amides is 1. The van der Waals surface area contributed by atoms with Gasteiger partial charge in [-0.3, -0.25) is 9.36 Å². The van der Waals surface area contributed by atoms with E-state index >= 15 is 8.78 Å². The predicted octanol–water partition coefficient (Wildman–Crippen LogP) is 13.2. The first-order valence-electron chi connectivity index (χ1n) is 21.3. The van der Waals surface area contributed by atoms with Gasteiger partial charge in [-0.25, -0.2) is 4.79 Å². The van der Waals surface area contributed by atoms with Crippen molar-refractivity contribution in [2.45, 2.75) is 190 Å². The number of alkyl halides is 13. The molecule has 1 amide bonds. The van der Waals surface area contributed by atoms with Crippen LogP contribution in [0.2, 0.25) is 33.2 Å². The molecule has 8 nitrogen and oxygen atoms in total. The third-order valence-electron chi connectivity index (χ3n) is 12.8. The summed E-state index contributed by atoms with van der Waals surface area (Å²) in [6.45, 7) is 24.5. The number of benzene rings is 1. The Morgan fingerprint density at radius 2 is 1.18 bits per heavy atom. The van der Waals surface area contributed by atoms with Crippen LogP contribution in [0, 0.1) is 0 Å². The van der Waals surface area contributed by atoms with Crippen molar-refractivity contribution >= 4 is 28.4 Å². The SMILES string of the molecule is CC(C)[Si](OC[C@H]1O[C@@H](n2cc(CCC(F)(F)C(F)(F)C(F)(F)C(F)(F)C(F)(F)C(F)(F)F)c(NC(=O)c3ccccc3)nc2=O)C[C@@H]1O[Si](C(C)C)(C(C)C)C(C)C)(C(C)C)C(C)C. The molecule has 0 spiro atoms. The first kappa shape index (κ1) is 56.3. The van der Waals surface area contributed by atoms with Crippen molar-refractivity contribution in [1.29, 1.82) is 0 Å². The van der Waals surface area contributed by atoms with E-state index in [1.807, 2.05) is 41.5 Å². The van der Waals surface area contributed by atoms with Crippen molar-refractivity contribution < 1.29 is 75.5 Å². The molecule has 372 valence electrons. The summed E-state index contributed by atoms with van der Waals surface area (Å²) in [5, 5.41) is 2.14. The molecule has 0 aliphatic carbocycles. The summed E-state index contributed by atoms with van der Waals surface area (Å²) in [7, 11) is -5.33. The number of carbonyl (C=O) groups excluding carboxylic acids is 1. The summed E-state index contributed by atoms with van der Waals surface area (Å²) in [5.41, 5.74) is -1.54. The van der Waals surface area contributed by atoms with E-state index < -0.39 is 107 Å². The Hall–Kier alpha value is -3.03. The van der Waals surface area contributed by atoms with Crippen molar-refractivity contribution in [1.82, 2.24) is 9.55 Å². The van der Waals surface area contributed by atoms with Gasteiger partial charge in [0.25, 0.3) is 5.91 Å². The highest BCUT2D eigenvalue weighted by atomic mass is 28.4. The Labute approximate surface area is 372 Å². The van der Waals surface area contributed by atoms with Gasteiger partial charge in [-0.2, -0.15) is 62.1 Å². The van der Waals surface area contributed by atoms with Crippen molar-refractivity contribution in [3.8, 4) is 0 Å². The number of hydrogen-bond donors (Lipinski definition) is 1. The maximum Gasteiger partial charge on any atom is 0.460 e. The molecule has 2 heterocycles. The van der Waals surface area contributed by atoms with E-state index in [-0.39, 0.29) is 51.8 Å². The van der Waals surface area contributed by atoms with E-state index in [9.17, 15) is 57.9 Å². The first-order valence-corrected chi connectivity index (χ1v) is 25.6. The molecular formula is C42H60F13N3O5Si2. The largest absolute Gasteiger partial charge is 0.460 e. The molecule has 1 aromatic heterocycles. The highest BCUT2D eigenvalue weighted by molar-refractivity contribution is 6.78. The van der Waals surface area contributed by atoms with Gasteiger partial charge in [0.05, 0.1) is 12.7 Å². The fourth-order valence-corrected chi connectivity index (χ4v) is 20.6. The number of hydrogen-bond acceptors (Lipinski definition) is 6. The van der Waals surface area contributed by atoms with Gasteiger partial charge in [-0.15, -0.1) is 0 Å². The van der Waals surface area contributed by atoms with E-state index in [1.54, 1.807) is 0 Å². The highest BCUT2D eigenvalue weighted by Gasteiger charge is 2.90. The maximum absolute atomic E-state index is 15.2. The monoisotopic (exact) mass is 989 g/mol. The molecule has 1 saturated heterocycles. The Morgan fingerprint density at radius 3 is 1.63 bits per heavy atom. The number of carbonyl (C=O) groups is 1. The third kappa shape index (κ3) is 10.4. The van der Waals surface area contributed by atoms with Gasteiger partial charge in [0, 0.05) is 30.2 Å². The van der Waals surface area contributed by atoms with Gasteiger partial charge in [-0.05, 0) is 51.8 Å². The number of halogens is 13. The van der Waals surface area contributed by atoms with Crippen LogP contribution >= 0.6 is 0 Å². The number of nitrogens with one attached hydrogen (secondary N) is 1. The van der Waals surface area contributed by atoms with Crippen LogP contribution < -0.4 is 11.0 Å². The minimum Gasteiger partial charge on any atom is -0.413 e. The normalized spacial score (nSPS) is 18.9. The topological polar surface area (TPSA) is 91.7 Å². The number of ether oxygens (including phenoxy) is 1. The summed E-state index contributed by atoms with van der Waals surface area (Å²) in [6.07, 6.45) is -14.2. The third-order valence-corrected chi connectivity index (χ3v) is 25.0. The molecule has 3 rings (SSSR count). The summed E-state index contributed by atoms with van der Waals surface area (Å²) in [4.78, 5) is 30.8. The Balaban J connectivity index is 2.21. The number of anilines is 1. The van der Waals surface area contributed by atoms with Gasteiger partial charge in [0.15, 0.2) is 8.32 Å². The van der Waals surface area contributed by atoms with Crippen molar-refractivity contribution in [2.24, 2.45) is 0 Å². The molecule has 23 heteroatoms. The van der Waals surface area contributed by atoms with Gasteiger partial charge in [0.2, 0.25) is 8.32 Å². The highest BCUT2D eigenvalue weighted by Crippen LogP contribution is 2.61. The molecule has 0 bridgehead atoms. The molecule has 1 fully saturated rings. The summed E-state index contributed by atoms with van der Waals surface area (Å²) in [5.74, 6) is -39.8. The zero-order valence-corrected chi connectivity index (χ0v) is 40.3. The maximum atomic E-state index is 15.2. The fraction of sp³-hybridized carbons (Fsp3) is 0.738. The number of nitrogens with zero attached hydrogens (tertiary/aromatic N) is 2. The molecular weight excluding hydrogens is 930 g/mol. The zero-order chi connectivity index (χ0) is 50.3. The second-order valence-electron chi connectivity index (χ2n) is 18.6. The molecule has 0 radical (unpaired) electrons. The summed E-state index contributed by atoms with van der Waals surface area (Å²) in [6, 6.07) is 6.86. The molecule has 65 heavy (non-hydrogen) atoms. The number of rotatable bonds is 21. The molecule has 1 aromatic carbocycles. The lowest BCUT2D eigenvalue weighted by Gasteiger charge is -2.45. The van der Waals surface area contributed by atoms with Crippen LogP contribution in [0.15, 0.2) is 41.3 Å². The van der Waals surface area contributed by atoms with E-state index in [2.05, 4.69) is 51.8 Å². The average molecular weight is 990 g/mol. The van der Waals surface area contributed by atoms with Gasteiger partial charge in [-0.1, -0.05) is 101 Å². The van der Waals surface area contributed by atoms with Gasteiger partial charge in [0.1, 0.15) is 18.1 Å². The lowest BCUT2D eigenvalue weighted by molar-refractivity contribution is -0.440. The Kier molecular flexibility index (Phi) is 17.2. The second-order valence-corrected chi connectivity index (χ2v) is 29.5. The second kappa shape index (κ2) is 19.9. The lowest BCUT2D eigenvalue weighted by atomic mass is 9.91. The van der Waals surface area contributed by atoms with Crippen LogP contribution in [-0.2, 0) is 20.0 Å². The number of aromatic nitrogens is 2. The molecule has 1 aliphatic heterocycles. The van der Waals surface area contributed by atoms with Gasteiger partial charge >= 0.3 is 41.5 Å². The van der Waals surface area contributed by atoms with Crippen LogP contribution in [0.4, 0.5) is 62.9 Å². The van der Waals surface area contributed by atoms with E-state index in [1.165, 1.54) is 30.3 Å². The minimum atomic E-state index is -8.07. The van der Waals surface area contributed by atoms with Crippen LogP contribution in [0.1, 0.15) is 118 Å². The molecule has 2 aromatic rings.